The predicted octanol–water partition coefficient (Wildman–Crippen LogP) is 2.93. The molecule has 0 aliphatic rings. The van der Waals surface area contributed by atoms with Crippen LogP contribution < -0.4 is 11.3 Å². The molecule has 0 spiro atoms. The number of hydrogen-bond acceptors (Lipinski definition) is 4. The zero-order chi connectivity index (χ0) is 13.1. The van der Waals surface area contributed by atoms with E-state index in [1.807, 2.05) is 0 Å². The van der Waals surface area contributed by atoms with Crippen LogP contribution in [0, 0.1) is 11.6 Å². The van der Waals surface area contributed by atoms with Crippen LogP contribution in [0.5, 0.6) is 0 Å². The fourth-order valence-electron chi connectivity index (χ4n) is 1.60. The number of aromatic nitrogens is 1. The summed E-state index contributed by atoms with van der Waals surface area (Å²) in [6.07, 6.45) is 1.75. The summed E-state index contributed by atoms with van der Waals surface area (Å²) in [5, 5.41) is 0. The summed E-state index contributed by atoms with van der Waals surface area (Å²) in [5.41, 5.74) is 4.20. The van der Waals surface area contributed by atoms with Crippen molar-refractivity contribution in [1.82, 2.24) is 10.4 Å². The highest BCUT2D eigenvalue weighted by Gasteiger charge is 2.19. The molecular weight excluding hydrogens is 324 g/mol. The van der Waals surface area contributed by atoms with Crippen LogP contribution in [0.15, 0.2) is 28.3 Å². The second-order valence-corrected chi connectivity index (χ2v) is 5.42. The molecule has 0 radical (unpaired) electrons. The second-order valence-electron chi connectivity index (χ2n) is 3.65. The lowest BCUT2D eigenvalue weighted by Gasteiger charge is -2.15. The number of benzene rings is 1. The molecular formula is C11H10BrF2N3S. The highest BCUT2D eigenvalue weighted by Crippen LogP contribution is 2.27. The van der Waals surface area contributed by atoms with Crippen LogP contribution in [0.25, 0.3) is 0 Å². The van der Waals surface area contributed by atoms with Gasteiger partial charge in [0.05, 0.1) is 16.0 Å². The molecule has 2 aromatic rings. The Morgan fingerprint density at radius 2 is 2.22 bits per heavy atom. The highest BCUT2D eigenvalue weighted by molar-refractivity contribution is 9.10. The van der Waals surface area contributed by atoms with Crippen molar-refractivity contribution in [3.05, 3.63) is 50.4 Å². The van der Waals surface area contributed by atoms with E-state index in [9.17, 15) is 8.78 Å². The van der Waals surface area contributed by atoms with E-state index in [1.165, 1.54) is 23.5 Å². The van der Waals surface area contributed by atoms with Gasteiger partial charge in [-0.15, -0.1) is 11.3 Å². The molecule has 0 saturated carbocycles. The van der Waals surface area contributed by atoms with E-state index >= 15 is 0 Å². The van der Waals surface area contributed by atoms with Crippen LogP contribution in [0.1, 0.15) is 16.5 Å². The molecule has 0 amide bonds. The molecule has 1 aromatic heterocycles. The first kappa shape index (κ1) is 13.5. The molecule has 3 N–H and O–H groups in total. The first-order valence-electron chi connectivity index (χ1n) is 5.10. The van der Waals surface area contributed by atoms with Gasteiger partial charge in [-0.25, -0.2) is 8.78 Å². The number of hydrazine groups is 1. The quantitative estimate of drug-likeness (QED) is 0.514. The minimum atomic E-state index is -0.597. The lowest BCUT2D eigenvalue weighted by atomic mass is 10.0. The molecule has 0 saturated heterocycles. The number of rotatable bonds is 4. The van der Waals surface area contributed by atoms with Crippen LogP contribution in [0.4, 0.5) is 8.78 Å². The van der Waals surface area contributed by atoms with Crippen molar-refractivity contribution in [3.63, 3.8) is 0 Å². The van der Waals surface area contributed by atoms with Gasteiger partial charge in [-0.05, 0) is 34.5 Å². The van der Waals surface area contributed by atoms with E-state index in [0.29, 0.717) is 0 Å². The maximum Gasteiger partial charge on any atom is 0.143 e. The Balaban J connectivity index is 2.30. The SMILES string of the molecule is NNC(Cc1c(F)ccc(Br)c1F)c1cncs1. The third-order valence-corrected chi connectivity index (χ3v) is 4.04. The van der Waals surface area contributed by atoms with Gasteiger partial charge in [0.25, 0.3) is 0 Å². The Hall–Kier alpha value is -0.890. The monoisotopic (exact) mass is 333 g/mol. The van der Waals surface area contributed by atoms with E-state index in [0.717, 1.165) is 4.88 Å². The van der Waals surface area contributed by atoms with Crippen molar-refractivity contribution in [2.75, 3.05) is 0 Å². The first-order chi connectivity index (χ1) is 8.63. The molecule has 7 heteroatoms. The van der Waals surface area contributed by atoms with Crippen molar-refractivity contribution >= 4 is 27.3 Å². The van der Waals surface area contributed by atoms with Crippen molar-refractivity contribution < 1.29 is 8.78 Å². The minimum Gasteiger partial charge on any atom is -0.271 e. The van der Waals surface area contributed by atoms with Crippen molar-refractivity contribution in [2.45, 2.75) is 12.5 Å². The summed E-state index contributed by atoms with van der Waals surface area (Å²) >= 11 is 4.42. The summed E-state index contributed by atoms with van der Waals surface area (Å²) < 4.78 is 27.7. The number of hydrogen-bond donors (Lipinski definition) is 2. The molecule has 1 atom stereocenters. The van der Waals surface area contributed by atoms with Crippen LogP contribution in [-0.2, 0) is 6.42 Å². The summed E-state index contributed by atoms with van der Waals surface area (Å²) in [5.74, 6) is 4.24. The molecule has 3 nitrogen and oxygen atoms in total. The maximum atomic E-state index is 13.8. The van der Waals surface area contributed by atoms with E-state index in [1.54, 1.807) is 11.7 Å². The third-order valence-electron chi connectivity index (χ3n) is 2.54. The molecule has 96 valence electrons. The van der Waals surface area contributed by atoms with Gasteiger partial charge in [0.15, 0.2) is 0 Å². The van der Waals surface area contributed by atoms with Crippen molar-refractivity contribution in [2.24, 2.45) is 5.84 Å². The largest absolute Gasteiger partial charge is 0.271 e. The average Bonchev–Trinajstić information content (AvgIpc) is 2.88. The topological polar surface area (TPSA) is 50.9 Å². The number of thiazole rings is 1. The normalized spacial score (nSPS) is 12.7. The van der Waals surface area contributed by atoms with Gasteiger partial charge in [-0.2, -0.15) is 0 Å². The summed E-state index contributed by atoms with van der Waals surface area (Å²) in [6, 6.07) is 2.20. The van der Waals surface area contributed by atoms with Crippen LogP contribution >= 0.6 is 27.3 Å². The van der Waals surface area contributed by atoms with E-state index in [-0.39, 0.29) is 22.5 Å². The minimum absolute atomic E-state index is 0.000671. The lowest BCUT2D eigenvalue weighted by Crippen LogP contribution is -2.29. The Morgan fingerprint density at radius 1 is 1.44 bits per heavy atom. The zero-order valence-electron chi connectivity index (χ0n) is 9.16. The van der Waals surface area contributed by atoms with Gasteiger partial charge < -0.3 is 0 Å². The summed E-state index contributed by atoms with van der Waals surface area (Å²) in [7, 11) is 0. The fraction of sp³-hybridized carbons (Fsp3) is 0.182. The van der Waals surface area contributed by atoms with Crippen LogP contribution in [0.2, 0.25) is 0 Å². The van der Waals surface area contributed by atoms with Gasteiger partial charge >= 0.3 is 0 Å². The van der Waals surface area contributed by atoms with Crippen molar-refractivity contribution in [3.8, 4) is 0 Å². The molecule has 0 fully saturated rings. The van der Waals surface area contributed by atoms with E-state index in [2.05, 4.69) is 26.3 Å². The van der Waals surface area contributed by atoms with Gasteiger partial charge in [0.1, 0.15) is 11.6 Å². The molecule has 0 aliphatic heterocycles. The highest BCUT2D eigenvalue weighted by atomic mass is 79.9. The Bertz CT molecular complexity index is 533. The lowest BCUT2D eigenvalue weighted by molar-refractivity contribution is 0.501. The Kier molecular flexibility index (Phi) is 4.39. The molecule has 1 unspecified atom stereocenters. The molecule has 1 aromatic carbocycles. The Morgan fingerprint density at radius 3 is 2.83 bits per heavy atom. The van der Waals surface area contributed by atoms with Gasteiger partial charge in [0, 0.05) is 16.6 Å². The molecule has 0 aliphatic carbocycles. The standard InChI is InChI=1S/C11H10BrF2N3S/c12-7-1-2-8(13)6(11(7)14)3-9(17-15)10-4-16-5-18-10/h1-2,4-5,9,17H,3,15H2. The molecule has 1 heterocycles. The number of halogens is 3. The molecule has 2 rings (SSSR count). The predicted molar refractivity (Wildman–Crippen MR) is 69.9 cm³/mol. The van der Waals surface area contributed by atoms with E-state index < -0.39 is 11.6 Å². The fourth-order valence-corrected chi connectivity index (χ4v) is 2.65. The number of nitrogens with zero attached hydrogens (tertiary/aromatic N) is 1. The van der Waals surface area contributed by atoms with Crippen LogP contribution in [0.3, 0.4) is 0 Å². The first-order valence-corrected chi connectivity index (χ1v) is 6.77. The van der Waals surface area contributed by atoms with Crippen LogP contribution in [-0.4, -0.2) is 4.98 Å². The number of nitrogens with one attached hydrogen (secondary N) is 1. The third kappa shape index (κ3) is 2.74. The molecule has 0 bridgehead atoms. The van der Waals surface area contributed by atoms with Gasteiger partial charge in [-0.3, -0.25) is 16.3 Å². The average molecular weight is 334 g/mol. The van der Waals surface area contributed by atoms with Gasteiger partial charge in [-0.1, -0.05) is 0 Å². The number of nitrogens with two attached hydrogens (primary N) is 1. The smallest absolute Gasteiger partial charge is 0.143 e. The zero-order valence-corrected chi connectivity index (χ0v) is 11.6. The summed E-state index contributed by atoms with van der Waals surface area (Å²) in [4.78, 5) is 4.75. The second kappa shape index (κ2) is 5.83. The summed E-state index contributed by atoms with van der Waals surface area (Å²) in [6.45, 7) is 0. The maximum absolute atomic E-state index is 13.8. The molecule has 18 heavy (non-hydrogen) atoms. The van der Waals surface area contributed by atoms with Crippen molar-refractivity contribution in [1.29, 1.82) is 0 Å². The Labute approximate surface area is 115 Å². The van der Waals surface area contributed by atoms with Gasteiger partial charge in [0.2, 0.25) is 0 Å². The van der Waals surface area contributed by atoms with E-state index in [4.69, 9.17) is 5.84 Å².